The molecule has 2 rings (SSSR count). The van der Waals surface area contributed by atoms with E-state index in [-0.39, 0.29) is 6.42 Å². The quantitative estimate of drug-likeness (QED) is 0.775. The van der Waals surface area contributed by atoms with E-state index >= 15 is 0 Å². The zero-order chi connectivity index (χ0) is 15.1. The molecule has 1 unspecified atom stereocenters. The molecular weight excluding hydrogens is 282 g/mol. The zero-order valence-electron chi connectivity index (χ0n) is 12.2. The Kier molecular flexibility index (Phi) is 5.96. The maximum atomic E-state index is 10.7. The van der Waals surface area contributed by atoms with Gasteiger partial charge in [0, 0.05) is 22.3 Å². The molecule has 1 heterocycles. The van der Waals surface area contributed by atoms with Crippen molar-refractivity contribution in [3.63, 3.8) is 0 Å². The van der Waals surface area contributed by atoms with E-state index in [1.54, 1.807) is 11.3 Å². The molecule has 0 spiro atoms. The van der Waals surface area contributed by atoms with Crippen LogP contribution in [0.5, 0.6) is 0 Å². The summed E-state index contributed by atoms with van der Waals surface area (Å²) in [6, 6.07) is 14.7. The lowest BCUT2D eigenvalue weighted by molar-refractivity contribution is -0.136. The van der Waals surface area contributed by atoms with Crippen LogP contribution < -0.4 is 5.32 Å². The third-order valence-electron chi connectivity index (χ3n) is 3.34. The molecule has 0 saturated carbocycles. The number of hydrogen-bond donors (Lipinski definition) is 2. The Morgan fingerprint density at radius 2 is 1.90 bits per heavy atom. The monoisotopic (exact) mass is 303 g/mol. The smallest absolute Gasteiger partial charge is 0.308 e. The fraction of sp³-hybridized carbons (Fsp3) is 0.353. The van der Waals surface area contributed by atoms with Crippen LogP contribution in [0.25, 0.3) is 0 Å². The second-order valence-corrected chi connectivity index (χ2v) is 6.32. The third-order valence-corrected chi connectivity index (χ3v) is 4.43. The van der Waals surface area contributed by atoms with Crippen molar-refractivity contribution in [2.75, 3.05) is 0 Å². The molecule has 0 amide bonds. The lowest BCUT2D eigenvalue weighted by Gasteiger charge is -2.18. The molecule has 2 N–H and O–H groups in total. The number of carboxylic acids is 1. The van der Waals surface area contributed by atoms with Gasteiger partial charge >= 0.3 is 5.97 Å². The Labute approximate surface area is 129 Å². The summed E-state index contributed by atoms with van der Waals surface area (Å²) in [5.41, 5.74) is 1.31. The number of carboxylic acid groups (broad SMARTS) is 1. The number of aliphatic carboxylic acids is 1. The predicted molar refractivity (Wildman–Crippen MR) is 86.6 cm³/mol. The summed E-state index contributed by atoms with van der Waals surface area (Å²) in [4.78, 5) is 12.8. The molecule has 21 heavy (non-hydrogen) atoms. The Balaban J connectivity index is 1.95. The summed E-state index contributed by atoms with van der Waals surface area (Å²) in [6.07, 6.45) is 2.33. The predicted octanol–water partition coefficient (Wildman–Crippen LogP) is 4.01. The van der Waals surface area contributed by atoms with Gasteiger partial charge in [-0.3, -0.25) is 4.79 Å². The lowest BCUT2D eigenvalue weighted by Crippen LogP contribution is -2.20. The van der Waals surface area contributed by atoms with Crippen LogP contribution in [0.15, 0.2) is 42.5 Å². The van der Waals surface area contributed by atoms with Crippen molar-refractivity contribution in [2.24, 2.45) is 0 Å². The van der Waals surface area contributed by atoms with Crippen LogP contribution in [-0.2, 0) is 17.8 Å². The fourth-order valence-electron chi connectivity index (χ4n) is 2.35. The molecule has 1 aromatic carbocycles. The summed E-state index contributed by atoms with van der Waals surface area (Å²) in [7, 11) is 0. The van der Waals surface area contributed by atoms with Gasteiger partial charge in [-0.05, 0) is 24.1 Å². The average molecular weight is 303 g/mol. The van der Waals surface area contributed by atoms with E-state index in [9.17, 15) is 4.79 Å². The molecule has 4 heteroatoms. The highest BCUT2D eigenvalue weighted by Crippen LogP contribution is 2.21. The summed E-state index contributed by atoms with van der Waals surface area (Å²) >= 11 is 1.57. The molecule has 0 saturated heterocycles. The minimum atomic E-state index is -0.774. The van der Waals surface area contributed by atoms with Gasteiger partial charge in [0.15, 0.2) is 0 Å². The number of carbonyl (C=O) groups is 1. The van der Waals surface area contributed by atoms with Crippen LogP contribution >= 0.6 is 11.3 Å². The average Bonchev–Trinajstić information content (AvgIpc) is 2.91. The Morgan fingerprint density at radius 1 is 1.19 bits per heavy atom. The molecule has 112 valence electrons. The first-order valence-corrected chi connectivity index (χ1v) is 8.08. The minimum Gasteiger partial charge on any atom is -0.481 e. The van der Waals surface area contributed by atoms with Gasteiger partial charge in [0.1, 0.15) is 0 Å². The van der Waals surface area contributed by atoms with Crippen molar-refractivity contribution in [3.05, 3.63) is 57.8 Å². The number of hydrogen-bond acceptors (Lipinski definition) is 3. The van der Waals surface area contributed by atoms with Crippen LogP contribution in [0.3, 0.4) is 0 Å². The van der Waals surface area contributed by atoms with Crippen LogP contribution in [-0.4, -0.2) is 11.1 Å². The van der Waals surface area contributed by atoms with Gasteiger partial charge in [-0.15, -0.1) is 11.3 Å². The van der Waals surface area contributed by atoms with Gasteiger partial charge in [-0.2, -0.15) is 0 Å². The maximum Gasteiger partial charge on any atom is 0.308 e. The number of nitrogens with one attached hydrogen (secondary N) is 1. The highest BCUT2D eigenvalue weighted by molar-refractivity contribution is 7.12. The molecule has 0 aliphatic heterocycles. The van der Waals surface area contributed by atoms with E-state index in [0.29, 0.717) is 6.04 Å². The van der Waals surface area contributed by atoms with E-state index in [2.05, 4.69) is 36.5 Å². The molecule has 1 atom stereocenters. The van der Waals surface area contributed by atoms with Crippen molar-refractivity contribution in [1.82, 2.24) is 5.32 Å². The fourth-order valence-corrected chi connectivity index (χ4v) is 3.31. The van der Waals surface area contributed by atoms with E-state index in [1.807, 2.05) is 18.2 Å². The second-order valence-electron chi connectivity index (χ2n) is 5.07. The molecule has 3 nitrogen and oxygen atoms in total. The Morgan fingerprint density at radius 3 is 2.57 bits per heavy atom. The minimum absolute atomic E-state index is 0.113. The summed E-state index contributed by atoms with van der Waals surface area (Å²) < 4.78 is 0. The third kappa shape index (κ3) is 4.99. The van der Waals surface area contributed by atoms with E-state index in [1.165, 1.54) is 10.4 Å². The van der Waals surface area contributed by atoms with Gasteiger partial charge in [-0.1, -0.05) is 43.7 Å². The number of rotatable bonds is 8. The van der Waals surface area contributed by atoms with E-state index < -0.39 is 5.97 Å². The van der Waals surface area contributed by atoms with Crippen molar-refractivity contribution in [2.45, 2.75) is 38.8 Å². The SMILES string of the molecule is CCCC(NCc1ccc(CC(=O)O)s1)c1ccccc1. The first kappa shape index (κ1) is 15.7. The van der Waals surface area contributed by atoms with Crippen LogP contribution in [0.4, 0.5) is 0 Å². The van der Waals surface area contributed by atoms with E-state index in [4.69, 9.17) is 5.11 Å². The van der Waals surface area contributed by atoms with E-state index in [0.717, 1.165) is 24.3 Å². The molecule has 0 radical (unpaired) electrons. The standard InChI is InChI=1S/C17H21NO2S/c1-2-6-16(13-7-4-3-5-8-13)18-12-15-10-9-14(21-15)11-17(19)20/h3-5,7-10,16,18H,2,6,11-12H2,1H3,(H,19,20). The van der Waals surface area contributed by atoms with Crippen molar-refractivity contribution < 1.29 is 9.90 Å². The van der Waals surface area contributed by atoms with Crippen LogP contribution in [0, 0.1) is 0 Å². The first-order chi connectivity index (χ1) is 10.2. The molecule has 1 aromatic heterocycles. The van der Waals surface area contributed by atoms with Gasteiger partial charge < -0.3 is 10.4 Å². The van der Waals surface area contributed by atoms with Gasteiger partial charge in [0.2, 0.25) is 0 Å². The summed E-state index contributed by atoms with van der Waals surface area (Å²) in [5, 5.41) is 12.4. The molecule has 0 bridgehead atoms. The number of thiophene rings is 1. The van der Waals surface area contributed by atoms with Crippen molar-refractivity contribution >= 4 is 17.3 Å². The Bertz CT molecular complexity index is 565. The second kappa shape index (κ2) is 7.96. The molecule has 0 fully saturated rings. The van der Waals surface area contributed by atoms with Gasteiger partial charge in [0.05, 0.1) is 6.42 Å². The van der Waals surface area contributed by atoms with Gasteiger partial charge in [-0.25, -0.2) is 0 Å². The molecule has 0 aliphatic carbocycles. The number of benzene rings is 1. The first-order valence-electron chi connectivity index (χ1n) is 7.26. The summed E-state index contributed by atoms with van der Waals surface area (Å²) in [5.74, 6) is -0.774. The molecule has 0 aliphatic rings. The lowest BCUT2D eigenvalue weighted by atomic mass is 10.0. The normalized spacial score (nSPS) is 12.2. The molecular formula is C17H21NO2S. The summed E-state index contributed by atoms with van der Waals surface area (Å²) in [6.45, 7) is 2.97. The topological polar surface area (TPSA) is 49.3 Å². The highest BCUT2D eigenvalue weighted by atomic mass is 32.1. The van der Waals surface area contributed by atoms with Crippen LogP contribution in [0.2, 0.25) is 0 Å². The highest BCUT2D eigenvalue weighted by Gasteiger charge is 2.10. The van der Waals surface area contributed by atoms with Crippen molar-refractivity contribution in [1.29, 1.82) is 0 Å². The maximum absolute atomic E-state index is 10.7. The van der Waals surface area contributed by atoms with Gasteiger partial charge in [0.25, 0.3) is 0 Å². The van der Waals surface area contributed by atoms with Crippen LogP contribution in [0.1, 0.15) is 41.1 Å². The molecule has 2 aromatic rings. The van der Waals surface area contributed by atoms with Crippen molar-refractivity contribution in [3.8, 4) is 0 Å². The Hall–Kier alpha value is -1.65. The zero-order valence-corrected chi connectivity index (χ0v) is 13.0. The largest absolute Gasteiger partial charge is 0.481 e.